The number of nitrogens with one attached hydrogen (secondary N) is 2. The van der Waals surface area contributed by atoms with Crippen molar-refractivity contribution >= 4 is 5.96 Å². The van der Waals surface area contributed by atoms with Crippen LogP contribution in [0, 0.1) is 18.3 Å². The first kappa shape index (κ1) is 14.5. The molecular weight excluding hydrogens is 262 g/mol. The lowest BCUT2D eigenvalue weighted by atomic mass is 10.0. The van der Waals surface area contributed by atoms with Crippen molar-refractivity contribution in [1.29, 1.82) is 0 Å². The molecule has 1 heterocycles. The molecule has 2 aliphatic rings. The van der Waals surface area contributed by atoms with Gasteiger partial charge in [0.1, 0.15) is 11.5 Å². The van der Waals surface area contributed by atoms with Crippen molar-refractivity contribution in [2.45, 2.75) is 52.5 Å². The van der Waals surface area contributed by atoms with E-state index in [0.29, 0.717) is 5.41 Å². The molecule has 0 saturated heterocycles. The van der Waals surface area contributed by atoms with Gasteiger partial charge >= 0.3 is 0 Å². The van der Waals surface area contributed by atoms with E-state index in [1.54, 1.807) is 0 Å². The van der Waals surface area contributed by atoms with Crippen LogP contribution in [0.25, 0.3) is 0 Å². The summed E-state index contributed by atoms with van der Waals surface area (Å²) >= 11 is 0. The molecule has 116 valence electrons. The van der Waals surface area contributed by atoms with Gasteiger partial charge in [-0.3, -0.25) is 4.99 Å². The maximum Gasteiger partial charge on any atom is 0.191 e. The van der Waals surface area contributed by atoms with Crippen LogP contribution in [0.3, 0.4) is 0 Å². The summed E-state index contributed by atoms with van der Waals surface area (Å²) in [6, 6.07) is 4.17. The number of rotatable bonds is 6. The summed E-state index contributed by atoms with van der Waals surface area (Å²) in [5, 5.41) is 6.80. The van der Waals surface area contributed by atoms with Gasteiger partial charge in [0.2, 0.25) is 0 Å². The van der Waals surface area contributed by atoms with Crippen molar-refractivity contribution < 1.29 is 4.42 Å². The molecule has 0 aromatic carbocycles. The Balaban J connectivity index is 1.60. The number of nitrogens with zero attached hydrogens (tertiary/aromatic N) is 1. The zero-order chi connectivity index (χ0) is 14.9. The minimum atomic E-state index is 0.132. The van der Waals surface area contributed by atoms with E-state index in [1.165, 1.54) is 25.7 Å². The average molecular weight is 289 g/mol. The van der Waals surface area contributed by atoms with Crippen LogP contribution in [0.15, 0.2) is 21.5 Å². The van der Waals surface area contributed by atoms with Gasteiger partial charge in [-0.25, -0.2) is 0 Å². The normalized spacial score (nSPS) is 22.0. The van der Waals surface area contributed by atoms with Crippen LogP contribution < -0.4 is 10.6 Å². The summed E-state index contributed by atoms with van der Waals surface area (Å²) in [5.74, 6) is 3.77. The molecule has 2 N–H and O–H groups in total. The lowest BCUT2D eigenvalue weighted by molar-refractivity contribution is 0.436. The Kier molecular flexibility index (Phi) is 3.96. The molecule has 2 saturated carbocycles. The fourth-order valence-electron chi connectivity index (χ4n) is 3.07. The highest BCUT2D eigenvalue weighted by Gasteiger charge is 2.53. The van der Waals surface area contributed by atoms with Gasteiger partial charge in [0.05, 0.1) is 6.04 Å². The summed E-state index contributed by atoms with van der Waals surface area (Å²) in [7, 11) is 0. The Morgan fingerprint density at radius 3 is 2.71 bits per heavy atom. The molecule has 2 fully saturated rings. The van der Waals surface area contributed by atoms with Crippen LogP contribution in [-0.4, -0.2) is 19.0 Å². The quantitative estimate of drug-likeness (QED) is 0.623. The fourth-order valence-corrected chi connectivity index (χ4v) is 3.07. The average Bonchev–Trinajstić information content (AvgIpc) is 3.35. The third kappa shape index (κ3) is 3.42. The molecule has 0 aliphatic heterocycles. The molecule has 1 unspecified atom stereocenters. The predicted octanol–water partition coefficient (Wildman–Crippen LogP) is 3.39. The molecular formula is C17H27N3O. The molecule has 4 heteroatoms. The first-order chi connectivity index (χ1) is 10.1. The number of guanidine groups is 1. The van der Waals surface area contributed by atoms with E-state index in [0.717, 1.165) is 36.5 Å². The minimum Gasteiger partial charge on any atom is -0.464 e. The Labute approximate surface area is 127 Å². The van der Waals surface area contributed by atoms with Crippen LogP contribution in [0.5, 0.6) is 0 Å². The summed E-state index contributed by atoms with van der Waals surface area (Å²) in [4.78, 5) is 4.83. The van der Waals surface area contributed by atoms with Gasteiger partial charge in [-0.05, 0) is 69.9 Å². The molecule has 4 nitrogen and oxygen atoms in total. The highest BCUT2D eigenvalue weighted by atomic mass is 16.3. The van der Waals surface area contributed by atoms with Gasteiger partial charge in [-0.2, -0.15) is 0 Å². The number of hydrogen-bond acceptors (Lipinski definition) is 2. The number of aliphatic imine (C=N–C) groups is 1. The molecule has 3 rings (SSSR count). The zero-order valence-corrected chi connectivity index (χ0v) is 13.4. The number of hydrogen-bond donors (Lipinski definition) is 2. The first-order valence-corrected chi connectivity index (χ1v) is 8.24. The molecule has 0 amide bonds. The Morgan fingerprint density at radius 1 is 1.43 bits per heavy atom. The highest BCUT2D eigenvalue weighted by molar-refractivity contribution is 5.80. The van der Waals surface area contributed by atoms with Crippen molar-refractivity contribution in [1.82, 2.24) is 10.6 Å². The Hall–Kier alpha value is -1.45. The molecule has 0 spiro atoms. The zero-order valence-electron chi connectivity index (χ0n) is 13.4. The molecule has 1 atom stereocenters. The third-order valence-corrected chi connectivity index (χ3v) is 4.77. The Morgan fingerprint density at radius 2 is 2.19 bits per heavy atom. The standard InChI is InChI=1S/C17H27N3O/c1-4-18-16(19-11-17(9-10-17)14-6-7-14)20-13(3)15-8-5-12(2)21-15/h5,8,13-14H,4,6-7,9-11H2,1-3H3,(H2,18,19,20). The molecule has 1 aromatic heterocycles. The molecule has 1 aromatic rings. The number of furan rings is 1. The van der Waals surface area contributed by atoms with E-state index in [9.17, 15) is 0 Å². The highest BCUT2D eigenvalue weighted by Crippen LogP contribution is 2.61. The molecule has 0 radical (unpaired) electrons. The van der Waals surface area contributed by atoms with Gasteiger partial charge in [0.15, 0.2) is 5.96 Å². The molecule has 0 bridgehead atoms. The van der Waals surface area contributed by atoms with Crippen LogP contribution in [-0.2, 0) is 0 Å². The lowest BCUT2D eigenvalue weighted by Crippen LogP contribution is -2.39. The van der Waals surface area contributed by atoms with E-state index >= 15 is 0 Å². The van der Waals surface area contributed by atoms with E-state index in [2.05, 4.69) is 24.5 Å². The fraction of sp³-hybridized carbons (Fsp3) is 0.706. The minimum absolute atomic E-state index is 0.132. The van der Waals surface area contributed by atoms with Crippen LogP contribution in [0.1, 0.15) is 57.1 Å². The summed E-state index contributed by atoms with van der Waals surface area (Å²) < 4.78 is 5.69. The van der Waals surface area contributed by atoms with E-state index < -0.39 is 0 Å². The SMILES string of the molecule is CCNC(=NCC1(C2CC2)CC1)NC(C)c1ccc(C)o1. The second-order valence-corrected chi connectivity index (χ2v) is 6.65. The maximum absolute atomic E-state index is 5.69. The van der Waals surface area contributed by atoms with E-state index in [1.807, 2.05) is 19.1 Å². The van der Waals surface area contributed by atoms with Crippen molar-refractivity contribution in [3.05, 3.63) is 23.7 Å². The maximum atomic E-state index is 5.69. The summed E-state index contributed by atoms with van der Waals surface area (Å²) in [6.07, 6.45) is 5.57. The van der Waals surface area contributed by atoms with Crippen molar-refractivity contribution in [3.8, 4) is 0 Å². The second kappa shape index (κ2) is 5.74. The second-order valence-electron chi connectivity index (χ2n) is 6.65. The largest absolute Gasteiger partial charge is 0.464 e. The Bertz CT molecular complexity index is 512. The topological polar surface area (TPSA) is 49.6 Å². The van der Waals surface area contributed by atoms with Gasteiger partial charge < -0.3 is 15.1 Å². The smallest absolute Gasteiger partial charge is 0.191 e. The van der Waals surface area contributed by atoms with Gasteiger partial charge in [0, 0.05) is 13.1 Å². The van der Waals surface area contributed by atoms with E-state index in [-0.39, 0.29) is 6.04 Å². The van der Waals surface area contributed by atoms with Gasteiger partial charge in [0.25, 0.3) is 0 Å². The predicted molar refractivity (Wildman–Crippen MR) is 85.4 cm³/mol. The first-order valence-electron chi connectivity index (χ1n) is 8.24. The van der Waals surface area contributed by atoms with Crippen molar-refractivity contribution in [3.63, 3.8) is 0 Å². The number of aryl methyl sites for hydroxylation is 1. The molecule has 2 aliphatic carbocycles. The lowest BCUT2D eigenvalue weighted by Gasteiger charge is -2.18. The van der Waals surface area contributed by atoms with Gasteiger partial charge in [-0.15, -0.1) is 0 Å². The molecule has 21 heavy (non-hydrogen) atoms. The van der Waals surface area contributed by atoms with Crippen LogP contribution in [0.4, 0.5) is 0 Å². The van der Waals surface area contributed by atoms with Gasteiger partial charge in [-0.1, -0.05) is 0 Å². The van der Waals surface area contributed by atoms with Crippen molar-refractivity contribution in [2.24, 2.45) is 16.3 Å². The monoisotopic (exact) mass is 289 g/mol. The van der Waals surface area contributed by atoms with Crippen LogP contribution >= 0.6 is 0 Å². The van der Waals surface area contributed by atoms with Crippen molar-refractivity contribution in [2.75, 3.05) is 13.1 Å². The summed E-state index contributed by atoms with van der Waals surface area (Å²) in [5.41, 5.74) is 0.548. The van der Waals surface area contributed by atoms with Crippen LogP contribution in [0.2, 0.25) is 0 Å². The van der Waals surface area contributed by atoms with E-state index in [4.69, 9.17) is 9.41 Å². The summed E-state index contributed by atoms with van der Waals surface area (Å²) in [6.45, 7) is 8.04. The third-order valence-electron chi connectivity index (χ3n) is 4.77.